The Hall–Kier alpha value is -3.42. The molecule has 2 heterocycles. The van der Waals surface area contributed by atoms with Crippen LogP contribution in [0.1, 0.15) is 17.2 Å². The quantitative estimate of drug-likeness (QED) is 0.725. The molecule has 5 nitrogen and oxygen atoms in total. The van der Waals surface area contributed by atoms with Gasteiger partial charge < -0.3 is 10.7 Å². The number of amides is 1. The van der Waals surface area contributed by atoms with Gasteiger partial charge in [0.05, 0.1) is 11.6 Å². The minimum absolute atomic E-state index is 0.00195. The van der Waals surface area contributed by atoms with Crippen molar-refractivity contribution in [2.45, 2.75) is 17.5 Å². The number of nitrogens with two attached hydrogens (primary N) is 1. The van der Waals surface area contributed by atoms with Gasteiger partial charge >= 0.3 is 6.18 Å². The summed E-state index contributed by atoms with van der Waals surface area (Å²) in [7, 11) is 0. The van der Waals surface area contributed by atoms with Gasteiger partial charge in [0.25, 0.3) is 0 Å². The molecule has 0 fully saturated rings. The van der Waals surface area contributed by atoms with E-state index in [1.165, 1.54) is 42.7 Å². The van der Waals surface area contributed by atoms with Crippen LogP contribution in [0.4, 0.5) is 13.2 Å². The first-order valence-electron chi connectivity index (χ1n) is 8.45. The summed E-state index contributed by atoms with van der Waals surface area (Å²) in [5, 5.41) is 0.402. The lowest BCUT2D eigenvalue weighted by molar-refractivity contribution is -0.181. The first kappa shape index (κ1) is 18.0. The average molecular weight is 384 g/mol. The zero-order chi connectivity index (χ0) is 19.9. The topological polar surface area (TPSA) is 84.7 Å². The third kappa shape index (κ3) is 2.52. The second-order valence-electron chi connectivity index (χ2n) is 6.51. The largest absolute Gasteiger partial charge is 0.402 e. The third-order valence-corrected chi connectivity index (χ3v) is 5.06. The Labute approximate surface area is 157 Å². The molecule has 3 aromatic rings. The fourth-order valence-electron chi connectivity index (χ4n) is 3.85. The van der Waals surface area contributed by atoms with E-state index in [1.807, 2.05) is 0 Å². The standard InChI is InChI=1S/C20H15F3N4O/c21-20(22,23)19(12-5-2-1-3-6-12)9-4-7-13(17(24)28)15(19)16-14-8-10-25-18(14)27-11-26-16/h1-11,15H,(H2,24,28)(H,25,26,27). The van der Waals surface area contributed by atoms with Gasteiger partial charge in [0, 0.05) is 17.2 Å². The average Bonchev–Trinajstić information content (AvgIpc) is 3.16. The minimum Gasteiger partial charge on any atom is -0.366 e. The molecule has 8 heteroatoms. The highest BCUT2D eigenvalue weighted by Crippen LogP contribution is 2.56. The lowest BCUT2D eigenvalue weighted by Crippen LogP contribution is -2.49. The van der Waals surface area contributed by atoms with Crippen LogP contribution in [0.5, 0.6) is 0 Å². The molecule has 28 heavy (non-hydrogen) atoms. The predicted molar refractivity (Wildman–Crippen MR) is 97.2 cm³/mol. The Morgan fingerprint density at radius 1 is 1.14 bits per heavy atom. The molecule has 0 radical (unpaired) electrons. The number of allylic oxidation sites excluding steroid dienone is 3. The number of rotatable bonds is 3. The molecule has 4 rings (SSSR count). The van der Waals surface area contributed by atoms with E-state index in [-0.39, 0.29) is 16.8 Å². The predicted octanol–water partition coefficient (Wildman–Crippen LogP) is 3.52. The van der Waals surface area contributed by atoms with Crippen molar-refractivity contribution in [3.63, 3.8) is 0 Å². The highest BCUT2D eigenvalue weighted by molar-refractivity contribution is 5.96. The minimum atomic E-state index is -4.72. The second kappa shape index (κ2) is 6.33. The number of fused-ring (bicyclic) bond motifs is 1. The monoisotopic (exact) mass is 384 g/mol. The van der Waals surface area contributed by atoms with Crippen LogP contribution in [0.3, 0.4) is 0 Å². The number of hydrogen-bond donors (Lipinski definition) is 2. The van der Waals surface area contributed by atoms with Crippen LogP contribution in [-0.4, -0.2) is 27.0 Å². The summed E-state index contributed by atoms with van der Waals surface area (Å²) in [5.41, 5.74) is 3.29. The van der Waals surface area contributed by atoms with Gasteiger partial charge in [-0.1, -0.05) is 48.6 Å². The number of halogens is 3. The van der Waals surface area contributed by atoms with Crippen molar-refractivity contribution in [2.75, 3.05) is 0 Å². The molecule has 0 aliphatic heterocycles. The van der Waals surface area contributed by atoms with Crippen molar-refractivity contribution in [2.24, 2.45) is 5.73 Å². The summed E-state index contributed by atoms with van der Waals surface area (Å²) in [6, 6.07) is 9.07. The first-order valence-corrected chi connectivity index (χ1v) is 8.45. The van der Waals surface area contributed by atoms with E-state index in [1.54, 1.807) is 18.3 Å². The van der Waals surface area contributed by atoms with Crippen molar-refractivity contribution in [1.29, 1.82) is 0 Å². The van der Waals surface area contributed by atoms with Gasteiger partial charge in [-0.2, -0.15) is 13.2 Å². The molecule has 0 saturated heterocycles. The smallest absolute Gasteiger partial charge is 0.366 e. The van der Waals surface area contributed by atoms with E-state index in [2.05, 4.69) is 15.0 Å². The molecule has 1 amide bonds. The van der Waals surface area contributed by atoms with Gasteiger partial charge in [0.2, 0.25) is 5.91 Å². The number of hydrogen-bond acceptors (Lipinski definition) is 3. The summed E-state index contributed by atoms with van der Waals surface area (Å²) >= 11 is 0. The van der Waals surface area contributed by atoms with Gasteiger partial charge in [-0.15, -0.1) is 0 Å². The van der Waals surface area contributed by atoms with Crippen molar-refractivity contribution in [3.05, 3.63) is 84.0 Å². The van der Waals surface area contributed by atoms with Gasteiger partial charge in [-0.3, -0.25) is 4.79 Å². The first-order chi connectivity index (χ1) is 13.4. The Morgan fingerprint density at radius 2 is 1.89 bits per heavy atom. The molecule has 2 aromatic heterocycles. The van der Waals surface area contributed by atoms with Gasteiger partial charge in [0.1, 0.15) is 17.4 Å². The number of carbonyl (C=O) groups is 1. The summed E-state index contributed by atoms with van der Waals surface area (Å²) < 4.78 is 44.1. The van der Waals surface area contributed by atoms with E-state index >= 15 is 0 Å². The maximum atomic E-state index is 14.7. The molecule has 2 unspecified atom stereocenters. The Bertz CT molecular complexity index is 1100. The Morgan fingerprint density at radius 3 is 2.57 bits per heavy atom. The number of nitrogens with zero attached hydrogens (tertiary/aromatic N) is 2. The lowest BCUT2D eigenvalue weighted by Gasteiger charge is -2.42. The summed E-state index contributed by atoms with van der Waals surface area (Å²) in [4.78, 5) is 23.2. The van der Waals surface area contributed by atoms with Gasteiger partial charge in [-0.25, -0.2) is 9.97 Å². The SMILES string of the molecule is NC(=O)C1=CC=CC(c2ccccc2)(C(F)(F)F)C1c1ncnc2[nH]ccc12. The van der Waals surface area contributed by atoms with E-state index in [0.29, 0.717) is 11.0 Å². The van der Waals surface area contributed by atoms with Crippen molar-refractivity contribution < 1.29 is 18.0 Å². The molecular weight excluding hydrogens is 369 g/mol. The van der Waals surface area contributed by atoms with Crippen molar-refractivity contribution in [3.8, 4) is 0 Å². The Balaban J connectivity index is 2.10. The van der Waals surface area contributed by atoms with Crippen LogP contribution in [0.25, 0.3) is 11.0 Å². The number of aromatic amines is 1. The molecule has 142 valence electrons. The summed E-state index contributed by atoms with van der Waals surface area (Å²) in [6.07, 6.45) is 1.63. The van der Waals surface area contributed by atoms with Gasteiger partial charge in [0.15, 0.2) is 0 Å². The van der Waals surface area contributed by atoms with Crippen LogP contribution in [0.2, 0.25) is 0 Å². The second-order valence-corrected chi connectivity index (χ2v) is 6.51. The van der Waals surface area contributed by atoms with Crippen LogP contribution in [0, 0.1) is 0 Å². The van der Waals surface area contributed by atoms with E-state index < -0.39 is 23.4 Å². The lowest BCUT2D eigenvalue weighted by atomic mass is 9.62. The number of alkyl halides is 3. The fourth-order valence-corrected chi connectivity index (χ4v) is 3.85. The van der Waals surface area contributed by atoms with Crippen LogP contribution in [0.15, 0.2) is 72.7 Å². The molecule has 1 aromatic carbocycles. The highest BCUT2D eigenvalue weighted by Gasteiger charge is 2.62. The molecule has 0 bridgehead atoms. The van der Waals surface area contributed by atoms with Crippen LogP contribution >= 0.6 is 0 Å². The fraction of sp³-hybridized carbons (Fsp3) is 0.150. The normalized spacial score (nSPS) is 22.2. The molecule has 0 saturated carbocycles. The highest BCUT2D eigenvalue weighted by atomic mass is 19.4. The molecule has 1 aliphatic rings. The van der Waals surface area contributed by atoms with Crippen LogP contribution in [-0.2, 0) is 10.2 Å². The number of primary amides is 1. The van der Waals surface area contributed by atoms with Crippen LogP contribution < -0.4 is 5.73 Å². The molecular formula is C20H15F3N4O. The van der Waals surface area contributed by atoms with E-state index in [0.717, 1.165) is 6.08 Å². The number of aromatic nitrogens is 3. The van der Waals surface area contributed by atoms with Crippen molar-refractivity contribution >= 4 is 16.9 Å². The number of carbonyl (C=O) groups excluding carboxylic acids is 1. The number of H-pyrrole nitrogens is 1. The maximum absolute atomic E-state index is 14.7. The van der Waals surface area contributed by atoms with Crippen molar-refractivity contribution in [1.82, 2.24) is 15.0 Å². The number of benzene rings is 1. The molecule has 0 spiro atoms. The molecule has 3 N–H and O–H groups in total. The summed E-state index contributed by atoms with van der Waals surface area (Å²) in [5.74, 6) is -2.39. The maximum Gasteiger partial charge on any atom is 0.402 e. The Kier molecular flexibility index (Phi) is 4.06. The molecule has 1 aliphatic carbocycles. The molecule has 2 atom stereocenters. The zero-order valence-corrected chi connectivity index (χ0v) is 14.4. The summed E-state index contributed by atoms with van der Waals surface area (Å²) in [6.45, 7) is 0. The zero-order valence-electron chi connectivity index (χ0n) is 14.4. The number of nitrogens with one attached hydrogen (secondary N) is 1. The van der Waals surface area contributed by atoms with E-state index in [9.17, 15) is 18.0 Å². The van der Waals surface area contributed by atoms with Gasteiger partial charge in [-0.05, 0) is 11.6 Å². The van der Waals surface area contributed by atoms with E-state index in [4.69, 9.17) is 5.73 Å². The third-order valence-electron chi connectivity index (χ3n) is 5.06.